The van der Waals surface area contributed by atoms with Gasteiger partial charge in [0.25, 0.3) is 5.91 Å². The molecule has 1 aromatic rings. The van der Waals surface area contributed by atoms with Crippen LogP contribution in [0.2, 0.25) is 0 Å². The number of nitrogens with two attached hydrogens (primary N) is 1. The van der Waals surface area contributed by atoms with Crippen LogP contribution in [0.3, 0.4) is 0 Å². The Bertz CT molecular complexity index is 392. The van der Waals surface area contributed by atoms with Crippen molar-refractivity contribution < 1.29 is 19.2 Å². The van der Waals surface area contributed by atoms with Gasteiger partial charge in [0.15, 0.2) is 6.61 Å². The van der Waals surface area contributed by atoms with Crippen LogP contribution in [0.1, 0.15) is 10.4 Å². The molecule has 0 aliphatic rings. The highest BCUT2D eigenvalue weighted by Gasteiger charge is 2.06. The number of carbonyl (C=O) groups is 2. The first kappa shape index (κ1) is 12.0. The van der Waals surface area contributed by atoms with Crippen molar-refractivity contribution in [1.82, 2.24) is 5.48 Å². The molecule has 0 aliphatic heterocycles. The summed E-state index contributed by atoms with van der Waals surface area (Å²) < 4.78 is 4.95. The van der Waals surface area contributed by atoms with Gasteiger partial charge >= 0.3 is 0 Å². The molecule has 6 heteroatoms. The third-order valence-electron chi connectivity index (χ3n) is 1.71. The molecule has 0 aliphatic carbocycles. The Labute approximate surface area is 92.3 Å². The number of rotatable bonds is 5. The van der Waals surface area contributed by atoms with Crippen molar-refractivity contribution in [2.75, 3.05) is 13.7 Å². The summed E-state index contributed by atoms with van der Waals surface area (Å²) in [5.74, 6) is -0.575. The second-order valence-electron chi connectivity index (χ2n) is 2.92. The van der Waals surface area contributed by atoms with Crippen LogP contribution in [0.25, 0.3) is 0 Å². The molecular weight excluding hydrogens is 212 g/mol. The maximum atomic E-state index is 11.5. The molecule has 16 heavy (non-hydrogen) atoms. The van der Waals surface area contributed by atoms with Crippen LogP contribution < -0.4 is 16.0 Å². The predicted octanol–water partition coefficient (Wildman–Crippen LogP) is -0.158. The molecule has 2 amide bonds. The van der Waals surface area contributed by atoms with E-state index in [1.165, 1.54) is 7.11 Å². The average Bonchev–Trinajstić information content (AvgIpc) is 2.28. The highest BCUT2D eigenvalue weighted by molar-refractivity contribution is 5.93. The maximum Gasteiger partial charge on any atom is 0.274 e. The van der Waals surface area contributed by atoms with Crippen molar-refractivity contribution in [3.05, 3.63) is 29.8 Å². The molecule has 6 nitrogen and oxygen atoms in total. The van der Waals surface area contributed by atoms with Gasteiger partial charge in [-0.05, 0) is 18.2 Å². The number of carbonyl (C=O) groups excluding carboxylic acids is 2. The van der Waals surface area contributed by atoms with Gasteiger partial charge in [0.05, 0.1) is 7.11 Å². The smallest absolute Gasteiger partial charge is 0.274 e. The molecule has 1 aromatic carbocycles. The zero-order chi connectivity index (χ0) is 12.0. The largest absolute Gasteiger partial charge is 0.497 e. The number of primary amides is 1. The Balaban J connectivity index is 2.55. The SMILES string of the molecule is COc1cccc(C(=O)NOCC(N)=O)c1. The van der Waals surface area contributed by atoms with Gasteiger partial charge in [-0.15, -0.1) is 0 Å². The lowest BCUT2D eigenvalue weighted by atomic mass is 10.2. The number of nitrogens with one attached hydrogen (secondary N) is 1. The molecule has 0 saturated carbocycles. The number of hydrogen-bond acceptors (Lipinski definition) is 4. The number of methoxy groups -OCH3 is 1. The van der Waals surface area contributed by atoms with Crippen LogP contribution in [0.15, 0.2) is 24.3 Å². The predicted molar refractivity (Wildman–Crippen MR) is 55.6 cm³/mol. The Kier molecular flexibility index (Phi) is 4.28. The third-order valence-corrected chi connectivity index (χ3v) is 1.71. The fourth-order valence-electron chi connectivity index (χ4n) is 0.996. The van der Waals surface area contributed by atoms with E-state index < -0.39 is 11.8 Å². The summed E-state index contributed by atoms with van der Waals surface area (Å²) >= 11 is 0. The summed E-state index contributed by atoms with van der Waals surface area (Å²) in [4.78, 5) is 26.4. The van der Waals surface area contributed by atoms with E-state index in [2.05, 4.69) is 10.3 Å². The lowest BCUT2D eigenvalue weighted by Crippen LogP contribution is -2.29. The summed E-state index contributed by atoms with van der Waals surface area (Å²) in [5, 5.41) is 0. The lowest BCUT2D eigenvalue weighted by molar-refractivity contribution is -0.124. The Morgan fingerprint density at radius 1 is 1.44 bits per heavy atom. The van der Waals surface area contributed by atoms with E-state index in [1.54, 1.807) is 24.3 Å². The normalized spacial score (nSPS) is 9.56. The van der Waals surface area contributed by atoms with Crippen LogP contribution >= 0.6 is 0 Å². The van der Waals surface area contributed by atoms with Crippen LogP contribution in [-0.4, -0.2) is 25.5 Å². The van der Waals surface area contributed by atoms with Gasteiger partial charge < -0.3 is 10.5 Å². The number of benzene rings is 1. The molecule has 0 aromatic heterocycles. The van der Waals surface area contributed by atoms with Gasteiger partial charge in [-0.2, -0.15) is 0 Å². The first-order chi connectivity index (χ1) is 7.63. The molecule has 1 rings (SSSR count). The molecule has 3 N–H and O–H groups in total. The van der Waals surface area contributed by atoms with Crippen molar-refractivity contribution in [3.63, 3.8) is 0 Å². The fourth-order valence-corrected chi connectivity index (χ4v) is 0.996. The number of hydrogen-bond donors (Lipinski definition) is 2. The summed E-state index contributed by atoms with van der Waals surface area (Å²) in [7, 11) is 1.50. The molecule has 0 saturated heterocycles. The second-order valence-corrected chi connectivity index (χ2v) is 2.92. The van der Waals surface area contributed by atoms with Crippen molar-refractivity contribution >= 4 is 11.8 Å². The van der Waals surface area contributed by atoms with Crippen molar-refractivity contribution in [3.8, 4) is 5.75 Å². The highest BCUT2D eigenvalue weighted by Crippen LogP contribution is 2.12. The lowest BCUT2D eigenvalue weighted by Gasteiger charge is -2.05. The van der Waals surface area contributed by atoms with Gasteiger partial charge in [-0.25, -0.2) is 5.48 Å². The zero-order valence-corrected chi connectivity index (χ0v) is 8.73. The Morgan fingerprint density at radius 2 is 2.19 bits per heavy atom. The molecule has 0 heterocycles. The minimum atomic E-state index is -0.661. The minimum absolute atomic E-state index is 0.365. The van der Waals surface area contributed by atoms with E-state index in [0.717, 1.165) is 0 Å². The molecule has 0 bridgehead atoms. The molecule has 0 atom stereocenters. The van der Waals surface area contributed by atoms with Gasteiger partial charge in [0.1, 0.15) is 5.75 Å². The van der Waals surface area contributed by atoms with E-state index in [0.29, 0.717) is 11.3 Å². The van der Waals surface area contributed by atoms with Crippen LogP contribution in [0, 0.1) is 0 Å². The summed E-state index contributed by atoms with van der Waals surface area (Å²) in [6, 6.07) is 6.51. The molecule has 0 unspecified atom stereocenters. The molecule has 0 radical (unpaired) electrons. The van der Waals surface area contributed by atoms with E-state index in [9.17, 15) is 9.59 Å². The number of ether oxygens (including phenoxy) is 1. The molecule has 0 spiro atoms. The standard InChI is InChI=1S/C10H12N2O4/c1-15-8-4-2-3-7(5-8)10(14)12-16-6-9(11)13/h2-5H,6H2,1H3,(H2,11,13)(H,12,14). The maximum absolute atomic E-state index is 11.5. The fraction of sp³-hybridized carbons (Fsp3) is 0.200. The molecular formula is C10H12N2O4. The van der Waals surface area contributed by atoms with Gasteiger partial charge in [0, 0.05) is 5.56 Å². The zero-order valence-electron chi connectivity index (χ0n) is 8.73. The minimum Gasteiger partial charge on any atom is -0.497 e. The quantitative estimate of drug-likeness (QED) is 0.680. The topological polar surface area (TPSA) is 90.7 Å². The summed E-state index contributed by atoms with van der Waals surface area (Å²) in [5.41, 5.74) is 7.28. The van der Waals surface area contributed by atoms with Crippen molar-refractivity contribution in [2.24, 2.45) is 5.73 Å². The highest BCUT2D eigenvalue weighted by atomic mass is 16.7. The average molecular weight is 224 g/mol. The number of amides is 2. The Hall–Kier alpha value is -2.08. The van der Waals surface area contributed by atoms with Gasteiger partial charge in [0.2, 0.25) is 5.91 Å². The van der Waals surface area contributed by atoms with E-state index in [4.69, 9.17) is 10.5 Å². The van der Waals surface area contributed by atoms with Crippen molar-refractivity contribution in [2.45, 2.75) is 0 Å². The van der Waals surface area contributed by atoms with Gasteiger partial charge in [-0.3, -0.25) is 14.4 Å². The number of hydroxylamine groups is 1. The van der Waals surface area contributed by atoms with Crippen LogP contribution in [-0.2, 0) is 9.63 Å². The monoisotopic (exact) mass is 224 g/mol. The van der Waals surface area contributed by atoms with Gasteiger partial charge in [-0.1, -0.05) is 6.07 Å². The van der Waals surface area contributed by atoms with Crippen molar-refractivity contribution in [1.29, 1.82) is 0 Å². The van der Waals surface area contributed by atoms with Crippen LogP contribution in [0.5, 0.6) is 5.75 Å². The first-order valence-electron chi connectivity index (χ1n) is 4.48. The van der Waals surface area contributed by atoms with E-state index >= 15 is 0 Å². The van der Waals surface area contributed by atoms with Crippen LogP contribution in [0.4, 0.5) is 0 Å². The Morgan fingerprint density at radius 3 is 2.81 bits per heavy atom. The van der Waals surface area contributed by atoms with E-state index in [-0.39, 0.29) is 6.61 Å². The summed E-state index contributed by atoms with van der Waals surface area (Å²) in [6.45, 7) is -0.365. The molecule has 86 valence electrons. The first-order valence-corrected chi connectivity index (χ1v) is 4.48. The summed E-state index contributed by atoms with van der Waals surface area (Å²) in [6.07, 6.45) is 0. The third kappa shape index (κ3) is 3.58. The second kappa shape index (κ2) is 5.72. The van der Waals surface area contributed by atoms with E-state index in [1.807, 2.05) is 0 Å². The molecule has 0 fully saturated rings.